The number of hydrogen-bond acceptors (Lipinski definition) is 4. The first-order valence-electron chi connectivity index (χ1n) is 3.10. The molecule has 0 aromatic rings. The van der Waals surface area contributed by atoms with Crippen LogP contribution in [0.4, 0.5) is 0 Å². The van der Waals surface area contributed by atoms with Crippen molar-refractivity contribution in [1.82, 2.24) is 15.6 Å². The quantitative estimate of drug-likeness (QED) is 0.341. The van der Waals surface area contributed by atoms with E-state index in [1.54, 1.807) is 0 Å². The average Bonchev–Trinajstić information content (AvgIpc) is 2.34. The smallest absolute Gasteiger partial charge is 0.0359 e. The van der Waals surface area contributed by atoms with Crippen LogP contribution in [0.15, 0.2) is 0 Å². The lowest BCUT2D eigenvalue weighted by Gasteiger charge is -2.13. The second-order valence-corrected chi connectivity index (χ2v) is 2.84. The maximum absolute atomic E-state index is 9.96. The summed E-state index contributed by atoms with van der Waals surface area (Å²) in [6.45, 7) is 1.77. The van der Waals surface area contributed by atoms with Gasteiger partial charge in [-0.15, -0.1) is 0 Å². The van der Waals surface area contributed by atoms with E-state index in [1.165, 1.54) is 0 Å². The number of nitrogens with one attached hydrogen (secondary N) is 3. The Morgan fingerprint density at radius 3 is 3.00 bits per heavy atom. The van der Waals surface area contributed by atoms with Crippen LogP contribution in [0.25, 0.3) is 0 Å². The minimum atomic E-state index is -2.20. The third-order valence-corrected chi connectivity index (χ3v) is 1.69. The molecule has 0 radical (unpaired) electrons. The zero-order valence-electron chi connectivity index (χ0n) is 5.42. The molecule has 1 aliphatic heterocycles. The number of hydrazine groups is 1. The van der Waals surface area contributed by atoms with Crippen LogP contribution in [0.2, 0.25) is 0 Å². The van der Waals surface area contributed by atoms with Crippen LogP contribution >= 0.6 is 0 Å². The van der Waals surface area contributed by atoms with Crippen molar-refractivity contribution < 1.29 is 8.76 Å². The topological polar surface area (TPSA) is 76.2 Å². The van der Waals surface area contributed by atoms with E-state index in [2.05, 4.69) is 15.6 Å². The van der Waals surface area contributed by atoms with E-state index in [1.807, 2.05) is 0 Å². The van der Waals surface area contributed by atoms with E-state index >= 15 is 0 Å². The van der Waals surface area contributed by atoms with Gasteiger partial charge in [0.05, 0.1) is 0 Å². The lowest BCUT2D eigenvalue weighted by molar-refractivity contribution is 0.473. The van der Waals surface area contributed by atoms with Gasteiger partial charge in [0.15, 0.2) is 0 Å². The predicted molar refractivity (Wildman–Crippen MR) is 36.5 cm³/mol. The van der Waals surface area contributed by atoms with E-state index in [0.29, 0.717) is 0 Å². The molecule has 2 atom stereocenters. The molecule has 0 bridgehead atoms. The van der Waals surface area contributed by atoms with Gasteiger partial charge in [-0.3, -0.25) is 4.21 Å². The van der Waals surface area contributed by atoms with Crippen molar-refractivity contribution in [1.29, 1.82) is 0 Å². The van der Waals surface area contributed by atoms with Crippen molar-refractivity contribution in [2.24, 2.45) is 0 Å². The van der Waals surface area contributed by atoms with Crippen LogP contribution in [-0.2, 0) is 11.3 Å². The molecule has 2 unspecified atom stereocenters. The molecule has 0 spiro atoms. The Bertz CT molecular complexity index is 126. The van der Waals surface area contributed by atoms with Crippen LogP contribution in [0.5, 0.6) is 0 Å². The summed E-state index contributed by atoms with van der Waals surface area (Å²) < 4.78 is 19.9. The Morgan fingerprint density at radius 1 is 1.70 bits per heavy atom. The average molecular weight is 164 g/mol. The summed E-state index contributed by atoms with van der Waals surface area (Å²) in [4.78, 5) is 2.11. The van der Waals surface area contributed by atoms with Crippen LogP contribution in [-0.4, -0.2) is 27.9 Å². The largest absolute Gasteiger partial charge is 0.759 e. The highest BCUT2D eigenvalue weighted by atomic mass is 32.2. The third-order valence-electron chi connectivity index (χ3n) is 1.41. The van der Waals surface area contributed by atoms with Gasteiger partial charge in [-0.25, -0.2) is 5.43 Å². The molecule has 6 heteroatoms. The fourth-order valence-electron chi connectivity index (χ4n) is 0.909. The molecule has 1 aliphatic rings. The maximum Gasteiger partial charge on any atom is 0.0359 e. The zero-order valence-corrected chi connectivity index (χ0v) is 6.24. The molecule has 5 nitrogen and oxygen atoms in total. The molecular formula is C4H10N3O2S-. The molecule has 1 rings (SSSR count). The van der Waals surface area contributed by atoms with Crippen molar-refractivity contribution in [3.8, 4) is 0 Å². The zero-order chi connectivity index (χ0) is 7.40. The van der Waals surface area contributed by atoms with Gasteiger partial charge in [-0.2, -0.15) is 4.83 Å². The second kappa shape index (κ2) is 3.99. The van der Waals surface area contributed by atoms with Crippen LogP contribution < -0.4 is 15.6 Å². The van der Waals surface area contributed by atoms with E-state index in [-0.39, 0.29) is 6.04 Å². The van der Waals surface area contributed by atoms with Crippen molar-refractivity contribution in [2.75, 3.05) is 13.1 Å². The second-order valence-electron chi connectivity index (χ2n) is 2.17. The Labute approximate surface area is 62.0 Å². The number of rotatable bonds is 3. The normalized spacial score (nSPS) is 28.7. The molecule has 3 N–H and O–H groups in total. The standard InChI is InChI=1S/C4H11N3O2S/c8-10(9)7-6-4-1-2-5-3-4/h4-7H,1-3H2,(H,8,9)/p-1. The fraction of sp³-hybridized carbons (Fsp3) is 1.00. The van der Waals surface area contributed by atoms with Gasteiger partial charge >= 0.3 is 0 Å². The highest BCUT2D eigenvalue weighted by Gasteiger charge is 2.12. The van der Waals surface area contributed by atoms with Crippen molar-refractivity contribution in [3.63, 3.8) is 0 Å². The molecule has 1 fully saturated rings. The Kier molecular flexibility index (Phi) is 3.23. The summed E-state index contributed by atoms with van der Waals surface area (Å²) in [6, 6.07) is 0.234. The van der Waals surface area contributed by atoms with E-state index < -0.39 is 11.3 Å². The first kappa shape index (κ1) is 8.09. The van der Waals surface area contributed by atoms with Gasteiger partial charge in [-0.1, -0.05) is 0 Å². The molecule has 10 heavy (non-hydrogen) atoms. The number of hydrogen-bond donors (Lipinski definition) is 3. The van der Waals surface area contributed by atoms with Crippen LogP contribution in [0, 0.1) is 0 Å². The summed E-state index contributed by atoms with van der Waals surface area (Å²) in [5.74, 6) is 0. The molecule has 0 amide bonds. The molecule has 0 saturated carbocycles. The Morgan fingerprint density at radius 2 is 2.50 bits per heavy atom. The molecular weight excluding hydrogens is 154 g/mol. The lowest BCUT2D eigenvalue weighted by Crippen LogP contribution is -2.42. The Hall–Kier alpha value is -0.0100. The van der Waals surface area contributed by atoms with Gasteiger partial charge in [0, 0.05) is 23.9 Å². The third kappa shape index (κ3) is 2.72. The van der Waals surface area contributed by atoms with Gasteiger partial charge in [0.25, 0.3) is 0 Å². The highest BCUT2D eigenvalue weighted by molar-refractivity contribution is 7.76. The lowest BCUT2D eigenvalue weighted by atomic mass is 10.3. The minimum absolute atomic E-state index is 0.234. The van der Waals surface area contributed by atoms with Gasteiger partial charge in [0.2, 0.25) is 0 Å². The summed E-state index contributed by atoms with van der Waals surface area (Å²) in [5.41, 5.74) is 2.66. The first-order valence-corrected chi connectivity index (χ1v) is 4.17. The van der Waals surface area contributed by atoms with Crippen LogP contribution in [0.3, 0.4) is 0 Å². The first-order chi connectivity index (χ1) is 4.79. The Balaban J connectivity index is 2.07. The SMILES string of the molecule is O=S([O-])NNC1CCNC1. The van der Waals surface area contributed by atoms with Crippen LogP contribution in [0.1, 0.15) is 6.42 Å². The monoisotopic (exact) mass is 164 g/mol. The summed E-state index contributed by atoms with van der Waals surface area (Å²) in [6.07, 6.45) is 0.962. The van der Waals surface area contributed by atoms with E-state index in [0.717, 1.165) is 19.5 Å². The molecule has 1 heterocycles. The molecule has 0 aromatic heterocycles. The summed E-state index contributed by atoms with van der Waals surface area (Å²) in [5, 5.41) is 3.09. The summed E-state index contributed by atoms with van der Waals surface area (Å²) >= 11 is -2.20. The van der Waals surface area contributed by atoms with Crippen molar-refractivity contribution in [2.45, 2.75) is 12.5 Å². The maximum atomic E-state index is 9.96. The molecule has 0 aliphatic carbocycles. The minimum Gasteiger partial charge on any atom is -0.759 e. The predicted octanol–water partition coefficient (Wildman–Crippen LogP) is -1.76. The summed E-state index contributed by atoms with van der Waals surface area (Å²) in [7, 11) is 0. The molecule has 0 aromatic carbocycles. The van der Waals surface area contributed by atoms with E-state index in [4.69, 9.17) is 0 Å². The molecule has 60 valence electrons. The fourth-order valence-corrected chi connectivity index (χ4v) is 1.17. The van der Waals surface area contributed by atoms with Crippen molar-refractivity contribution >= 4 is 11.3 Å². The van der Waals surface area contributed by atoms with Gasteiger partial charge in [-0.05, 0) is 13.0 Å². The highest BCUT2D eigenvalue weighted by Crippen LogP contribution is 1.94. The van der Waals surface area contributed by atoms with Gasteiger partial charge < -0.3 is 9.87 Å². The van der Waals surface area contributed by atoms with Gasteiger partial charge in [0.1, 0.15) is 0 Å². The van der Waals surface area contributed by atoms with E-state index in [9.17, 15) is 8.76 Å². The van der Waals surface area contributed by atoms with Crippen molar-refractivity contribution in [3.05, 3.63) is 0 Å². The molecule has 1 saturated heterocycles.